The number of halogens is 6. The normalized spacial score (nSPS) is 13.7. The average Bonchev–Trinajstić information content (AvgIpc) is 2.77. The third-order valence-corrected chi connectivity index (χ3v) is 5.88. The van der Waals surface area contributed by atoms with Crippen LogP contribution in [0.4, 0.5) is 5.69 Å². The summed E-state index contributed by atoms with van der Waals surface area (Å²) in [6.07, 6.45) is 0. The Morgan fingerprint density at radius 2 is 1.13 bits per heavy atom. The Hall–Kier alpha value is -0.680. The maximum Gasteiger partial charge on any atom is 0.267 e. The van der Waals surface area contributed by atoms with Crippen LogP contribution in [0.2, 0.25) is 30.1 Å². The van der Waals surface area contributed by atoms with Crippen LogP contribution in [-0.4, -0.2) is 11.8 Å². The summed E-state index contributed by atoms with van der Waals surface area (Å²) in [5.41, 5.74) is -0.121. The van der Waals surface area contributed by atoms with Crippen LogP contribution in [0, 0.1) is 0 Å². The Labute approximate surface area is 160 Å². The smallest absolute Gasteiger partial charge is 0.267 e. The summed E-state index contributed by atoms with van der Waals surface area (Å²) in [6.45, 7) is 0. The number of nitrogens with zero attached hydrogens (tertiary/aromatic N) is 1. The minimum Gasteiger partial charge on any atom is -0.268 e. The minimum atomic E-state index is -0.709. The molecule has 0 fully saturated rings. The molecule has 2 aromatic carbocycles. The van der Waals surface area contributed by atoms with Crippen molar-refractivity contribution in [2.75, 3.05) is 4.90 Å². The monoisotopic (exact) mass is 427 g/mol. The molecule has 2 aromatic rings. The van der Waals surface area contributed by atoms with E-state index in [2.05, 4.69) is 0 Å². The Morgan fingerprint density at radius 3 is 1.61 bits per heavy atom. The van der Waals surface area contributed by atoms with Crippen LogP contribution in [0.3, 0.4) is 0 Å². The second-order valence-electron chi connectivity index (χ2n) is 4.52. The Morgan fingerprint density at radius 1 is 0.652 bits per heavy atom. The molecular formula is C14H3Cl6NO2. The molecule has 1 aliphatic rings. The first-order valence-electron chi connectivity index (χ1n) is 5.96. The maximum absolute atomic E-state index is 12.7. The Kier molecular flexibility index (Phi) is 4.47. The first-order valence-corrected chi connectivity index (χ1v) is 8.22. The predicted octanol–water partition coefficient (Wildman–Crippen LogP) is 6.41. The highest BCUT2D eigenvalue weighted by molar-refractivity contribution is 6.57. The fraction of sp³-hybridized carbons (Fsp3) is 0. The number of imide groups is 1. The number of fused-ring (bicyclic) bond motifs is 1. The van der Waals surface area contributed by atoms with E-state index in [0.29, 0.717) is 0 Å². The number of carbonyl (C=O) groups excluding carboxylic acids is 2. The molecule has 118 valence electrons. The number of benzene rings is 2. The zero-order chi connectivity index (χ0) is 17.0. The van der Waals surface area contributed by atoms with E-state index >= 15 is 0 Å². The topological polar surface area (TPSA) is 37.4 Å². The van der Waals surface area contributed by atoms with Gasteiger partial charge in [-0.25, -0.2) is 4.90 Å². The van der Waals surface area contributed by atoms with Gasteiger partial charge in [-0.2, -0.15) is 0 Å². The van der Waals surface area contributed by atoms with E-state index in [-0.39, 0.29) is 47.0 Å². The zero-order valence-corrected chi connectivity index (χ0v) is 15.3. The van der Waals surface area contributed by atoms with Gasteiger partial charge in [0.05, 0.1) is 47.0 Å². The summed E-state index contributed by atoms with van der Waals surface area (Å²) in [5.74, 6) is -1.42. The summed E-state index contributed by atoms with van der Waals surface area (Å²) in [4.78, 5) is 26.2. The lowest BCUT2D eigenvalue weighted by Gasteiger charge is -2.16. The number of hydrogen-bond acceptors (Lipinski definition) is 2. The van der Waals surface area contributed by atoms with E-state index in [4.69, 9.17) is 69.6 Å². The van der Waals surface area contributed by atoms with E-state index in [1.165, 1.54) is 12.1 Å². The Balaban J connectivity index is 2.29. The summed E-state index contributed by atoms with van der Waals surface area (Å²) in [7, 11) is 0. The van der Waals surface area contributed by atoms with Gasteiger partial charge in [0.15, 0.2) is 0 Å². The van der Waals surface area contributed by atoms with E-state index in [1.54, 1.807) is 6.07 Å². The van der Waals surface area contributed by atoms with Gasteiger partial charge in [0.1, 0.15) is 0 Å². The van der Waals surface area contributed by atoms with Crippen LogP contribution >= 0.6 is 69.6 Å². The number of anilines is 1. The first-order chi connectivity index (χ1) is 10.8. The van der Waals surface area contributed by atoms with Crippen molar-refractivity contribution in [3.8, 4) is 0 Å². The fourth-order valence-corrected chi connectivity index (χ4v) is 3.63. The molecule has 1 aliphatic heterocycles. The van der Waals surface area contributed by atoms with Crippen molar-refractivity contribution in [1.82, 2.24) is 0 Å². The molecule has 0 spiro atoms. The van der Waals surface area contributed by atoms with E-state index in [0.717, 1.165) is 4.90 Å². The molecule has 3 nitrogen and oxygen atoms in total. The lowest BCUT2D eigenvalue weighted by Crippen LogP contribution is -2.29. The van der Waals surface area contributed by atoms with Crippen molar-refractivity contribution in [3.63, 3.8) is 0 Å². The van der Waals surface area contributed by atoms with Gasteiger partial charge in [0.25, 0.3) is 11.8 Å². The van der Waals surface area contributed by atoms with Crippen LogP contribution in [0.15, 0.2) is 18.2 Å². The van der Waals surface area contributed by atoms with Crippen molar-refractivity contribution in [3.05, 3.63) is 59.5 Å². The molecule has 0 bridgehead atoms. The average molecular weight is 430 g/mol. The molecule has 9 heteroatoms. The molecule has 0 unspecified atom stereocenters. The molecular weight excluding hydrogens is 427 g/mol. The highest BCUT2D eigenvalue weighted by Crippen LogP contribution is 2.46. The van der Waals surface area contributed by atoms with Crippen LogP contribution in [0.25, 0.3) is 0 Å². The van der Waals surface area contributed by atoms with E-state index < -0.39 is 11.8 Å². The minimum absolute atomic E-state index is 0.0492. The molecule has 23 heavy (non-hydrogen) atoms. The van der Waals surface area contributed by atoms with Gasteiger partial charge < -0.3 is 0 Å². The van der Waals surface area contributed by atoms with Gasteiger partial charge in [-0.05, 0) is 12.1 Å². The van der Waals surface area contributed by atoms with Gasteiger partial charge in [0, 0.05) is 0 Å². The molecule has 0 N–H and O–H groups in total. The summed E-state index contributed by atoms with van der Waals surface area (Å²) in [6, 6.07) is 4.55. The molecule has 0 aromatic heterocycles. The van der Waals surface area contributed by atoms with Crippen LogP contribution in [0.5, 0.6) is 0 Å². The number of hydrogen-bond donors (Lipinski definition) is 0. The van der Waals surface area contributed by atoms with E-state index in [1.807, 2.05) is 0 Å². The molecule has 1 heterocycles. The largest absolute Gasteiger partial charge is 0.268 e. The van der Waals surface area contributed by atoms with Crippen LogP contribution < -0.4 is 4.90 Å². The van der Waals surface area contributed by atoms with E-state index in [9.17, 15) is 9.59 Å². The van der Waals surface area contributed by atoms with Gasteiger partial charge in [0.2, 0.25) is 0 Å². The molecule has 0 atom stereocenters. The maximum atomic E-state index is 12.7. The van der Waals surface area contributed by atoms with Gasteiger partial charge in [-0.3, -0.25) is 9.59 Å². The Bertz CT molecular complexity index is 849. The van der Waals surface area contributed by atoms with Crippen molar-refractivity contribution >= 4 is 87.1 Å². The second-order valence-corrected chi connectivity index (χ2v) is 6.82. The predicted molar refractivity (Wildman–Crippen MR) is 94.1 cm³/mol. The molecule has 0 aliphatic carbocycles. The van der Waals surface area contributed by atoms with Crippen LogP contribution in [0.1, 0.15) is 20.7 Å². The molecule has 0 radical (unpaired) electrons. The zero-order valence-electron chi connectivity index (χ0n) is 10.8. The van der Waals surface area contributed by atoms with Crippen molar-refractivity contribution in [2.45, 2.75) is 0 Å². The number of rotatable bonds is 1. The third kappa shape index (κ3) is 2.42. The molecule has 0 saturated heterocycles. The quantitative estimate of drug-likeness (QED) is 0.298. The summed E-state index contributed by atoms with van der Waals surface area (Å²) < 4.78 is 0. The van der Waals surface area contributed by atoms with Crippen LogP contribution in [-0.2, 0) is 0 Å². The highest BCUT2D eigenvalue weighted by atomic mass is 35.5. The molecule has 2 amide bonds. The molecule has 0 saturated carbocycles. The lowest BCUT2D eigenvalue weighted by molar-refractivity contribution is 0.0926. The number of amides is 2. The van der Waals surface area contributed by atoms with Crippen molar-refractivity contribution in [1.29, 1.82) is 0 Å². The summed E-state index contributed by atoms with van der Waals surface area (Å²) in [5, 5.41) is -0.248. The highest BCUT2D eigenvalue weighted by Gasteiger charge is 2.43. The van der Waals surface area contributed by atoms with Crippen molar-refractivity contribution < 1.29 is 9.59 Å². The number of carbonyl (C=O) groups is 2. The standard InChI is InChI=1S/C14H3Cl6NO2/c15-4-2-1-3-5(8(4)16)21-13(22)6-7(14(21)23)10(18)12(20)11(19)9(6)17/h1-3H. The van der Waals surface area contributed by atoms with Gasteiger partial charge in [-0.15, -0.1) is 0 Å². The molecule has 3 rings (SSSR count). The van der Waals surface area contributed by atoms with Crippen molar-refractivity contribution in [2.24, 2.45) is 0 Å². The second kappa shape index (κ2) is 5.99. The fourth-order valence-electron chi connectivity index (χ4n) is 2.23. The van der Waals surface area contributed by atoms with Gasteiger partial charge in [-0.1, -0.05) is 75.7 Å². The first kappa shape index (κ1) is 17.2. The SMILES string of the molecule is O=C1c2c(Cl)c(Cl)c(Cl)c(Cl)c2C(=O)N1c1cccc(Cl)c1Cl. The van der Waals surface area contributed by atoms with Gasteiger partial charge >= 0.3 is 0 Å². The third-order valence-electron chi connectivity index (χ3n) is 3.27. The summed E-state index contributed by atoms with van der Waals surface area (Å²) >= 11 is 36.1. The lowest BCUT2D eigenvalue weighted by atomic mass is 10.1.